The predicted molar refractivity (Wildman–Crippen MR) is 109 cm³/mol. The maximum Gasteiger partial charge on any atom is 0.327 e. The van der Waals surface area contributed by atoms with Gasteiger partial charge >= 0.3 is 10.8 Å². The van der Waals surface area contributed by atoms with E-state index in [4.69, 9.17) is 4.74 Å². The first-order valence-corrected chi connectivity index (χ1v) is 9.75. The maximum atomic E-state index is 13.1. The van der Waals surface area contributed by atoms with E-state index in [1.165, 1.54) is 4.57 Å². The summed E-state index contributed by atoms with van der Waals surface area (Å²) in [6.45, 7) is 5.41. The van der Waals surface area contributed by atoms with Crippen LogP contribution in [0.3, 0.4) is 0 Å². The van der Waals surface area contributed by atoms with Crippen LogP contribution in [0.2, 0.25) is 0 Å². The number of thiazole rings is 1. The molecule has 2 aromatic carbocycles. The Bertz CT molecular complexity index is 1050. The molecule has 0 aliphatic heterocycles. The fraction of sp³-hybridized carbons (Fsp3) is 0.227. The number of benzene rings is 2. The third-order valence-electron chi connectivity index (χ3n) is 4.47. The van der Waals surface area contributed by atoms with Crippen LogP contribution in [-0.4, -0.2) is 16.3 Å². The van der Waals surface area contributed by atoms with E-state index >= 15 is 0 Å². The first kappa shape index (κ1) is 19.8. The van der Waals surface area contributed by atoms with Gasteiger partial charge in [0.15, 0.2) is 6.10 Å². The smallest absolute Gasteiger partial charge is 0.327 e. The van der Waals surface area contributed by atoms with Gasteiger partial charge in [0.1, 0.15) is 6.54 Å². The molecule has 3 rings (SSSR count). The number of hydrogen-bond donors (Lipinski definition) is 0. The Hall–Kier alpha value is -2.99. The Kier molecular flexibility index (Phi) is 5.90. The van der Waals surface area contributed by atoms with E-state index in [-0.39, 0.29) is 17.2 Å². The highest BCUT2D eigenvalue weighted by Crippen LogP contribution is 2.24. The second kappa shape index (κ2) is 8.35. The molecule has 6 heteroatoms. The number of nitrogens with zero attached hydrogens (tertiary/aromatic N) is 1. The van der Waals surface area contributed by atoms with Gasteiger partial charge in [0.25, 0.3) is 0 Å². The highest BCUT2D eigenvalue weighted by atomic mass is 32.1. The molecule has 0 aliphatic carbocycles. The van der Waals surface area contributed by atoms with E-state index in [0.29, 0.717) is 16.8 Å². The van der Waals surface area contributed by atoms with Crippen molar-refractivity contribution in [2.75, 3.05) is 0 Å². The van der Waals surface area contributed by atoms with Crippen molar-refractivity contribution in [2.24, 2.45) is 0 Å². The molecule has 5 nitrogen and oxygen atoms in total. The average molecular weight is 395 g/mol. The number of esters is 1. The molecule has 3 aromatic rings. The molecule has 0 radical (unpaired) electrons. The molecule has 28 heavy (non-hydrogen) atoms. The van der Waals surface area contributed by atoms with Crippen LogP contribution in [0.5, 0.6) is 0 Å². The van der Waals surface area contributed by atoms with Gasteiger partial charge < -0.3 is 4.74 Å². The van der Waals surface area contributed by atoms with Gasteiger partial charge in [-0.3, -0.25) is 19.0 Å². The lowest BCUT2D eigenvalue weighted by Gasteiger charge is -2.18. The number of ketones is 1. The number of hydrogen-bond acceptors (Lipinski definition) is 5. The van der Waals surface area contributed by atoms with Gasteiger partial charge in [-0.25, -0.2) is 0 Å². The van der Waals surface area contributed by atoms with E-state index in [1.807, 2.05) is 38.1 Å². The van der Waals surface area contributed by atoms with Crippen LogP contribution in [-0.2, 0) is 16.1 Å². The lowest BCUT2D eigenvalue weighted by Crippen LogP contribution is -2.26. The van der Waals surface area contributed by atoms with Crippen molar-refractivity contribution in [2.45, 2.75) is 33.4 Å². The van der Waals surface area contributed by atoms with E-state index in [2.05, 4.69) is 0 Å². The molecule has 1 atom stereocenters. The fourth-order valence-corrected chi connectivity index (χ4v) is 3.51. The standard InChI is InChI=1S/C22H21NO4S/c1-14-4-8-17(9-5-14)20(25)21(18-10-6-15(2)7-11-18)27-19(24)12-23-16(3)13-28-22(23)26/h4-11,13,21H,12H2,1-3H3/t21-/m0/s1. The van der Waals surface area contributed by atoms with Crippen molar-refractivity contribution in [1.82, 2.24) is 4.57 Å². The van der Waals surface area contributed by atoms with Crippen molar-refractivity contribution in [1.29, 1.82) is 0 Å². The van der Waals surface area contributed by atoms with Gasteiger partial charge in [0.2, 0.25) is 5.78 Å². The van der Waals surface area contributed by atoms with Crippen LogP contribution >= 0.6 is 11.3 Å². The Labute approximate surface area is 167 Å². The van der Waals surface area contributed by atoms with Crippen molar-refractivity contribution < 1.29 is 14.3 Å². The minimum Gasteiger partial charge on any atom is -0.448 e. The van der Waals surface area contributed by atoms with E-state index in [1.54, 1.807) is 36.6 Å². The molecule has 0 saturated carbocycles. The van der Waals surface area contributed by atoms with Crippen LogP contribution in [0.4, 0.5) is 0 Å². The Morgan fingerprint density at radius 3 is 2.07 bits per heavy atom. The fourth-order valence-electron chi connectivity index (χ4n) is 2.78. The summed E-state index contributed by atoms with van der Waals surface area (Å²) in [7, 11) is 0. The number of carbonyl (C=O) groups excluding carboxylic acids is 2. The largest absolute Gasteiger partial charge is 0.448 e. The molecule has 144 valence electrons. The summed E-state index contributed by atoms with van der Waals surface area (Å²) in [5, 5.41) is 1.69. The SMILES string of the molecule is Cc1ccc(C(=O)[C@@H](OC(=O)Cn2c(C)csc2=O)c2ccc(C)cc2)cc1. The lowest BCUT2D eigenvalue weighted by atomic mass is 9.98. The van der Waals surface area contributed by atoms with Gasteiger partial charge in [-0.1, -0.05) is 71.0 Å². The molecule has 0 aliphatic rings. The van der Waals surface area contributed by atoms with Gasteiger partial charge in [0.05, 0.1) is 0 Å². The van der Waals surface area contributed by atoms with Gasteiger partial charge in [-0.2, -0.15) is 0 Å². The topological polar surface area (TPSA) is 65.4 Å². The third kappa shape index (κ3) is 4.46. The lowest BCUT2D eigenvalue weighted by molar-refractivity contribution is -0.148. The second-order valence-electron chi connectivity index (χ2n) is 6.74. The van der Waals surface area contributed by atoms with Crippen LogP contribution < -0.4 is 4.87 Å². The highest BCUT2D eigenvalue weighted by Gasteiger charge is 2.26. The zero-order valence-corrected chi connectivity index (χ0v) is 16.8. The van der Waals surface area contributed by atoms with Crippen molar-refractivity contribution in [3.8, 4) is 0 Å². The molecule has 0 N–H and O–H groups in total. The molecule has 1 heterocycles. The molecular formula is C22H21NO4S. The Morgan fingerprint density at radius 1 is 0.964 bits per heavy atom. The summed E-state index contributed by atoms with van der Waals surface area (Å²) in [6, 6.07) is 14.4. The van der Waals surface area contributed by atoms with Crippen LogP contribution in [0.15, 0.2) is 58.7 Å². The Balaban J connectivity index is 1.88. The summed E-state index contributed by atoms with van der Waals surface area (Å²) in [4.78, 5) is 37.2. The van der Waals surface area contributed by atoms with Crippen LogP contribution in [0, 0.1) is 20.8 Å². The average Bonchev–Trinajstić information content (AvgIpc) is 2.99. The normalized spacial score (nSPS) is 11.8. The minimum absolute atomic E-state index is 0.224. The van der Waals surface area contributed by atoms with Gasteiger partial charge in [0, 0.05) is 22.2 Å². The van der Waals surface area contributed by atoms with Gasteiger partial charge in [-0.05, 0) is 20.8 Å². The highest BCUT2D eigenvalue weighted by molar-refractivity contribution is 7.07. The number of rotatable bonds is 6. The molecule has 1 aromatic heterocycles. The number of carbonyl (C=O) groups is 2. The molecule has 0 spiro atoms. The summed E-state index contributed by atoms with van der Waals surface area (Å²) >= 11 is 1.03. The first-order valence-electron chi connectivity index (χ1n) is 8.87. The third-order valence-corrected chi connectivity index (χ3v) is 5.35. The van der Waals surface area contributed by atoms with E-state index < -0.39 is 12.1 Å². The molecule has 0 fully saturated rings. The predicted octanol–water partition coefficient (Wildman–Crippen LogP) is 4.00. The number of aryl methyl sites for hydroxylation is 3. The number of ether oxygens (including phenoxy) is 1. The summed E-state index contributed by atoms with van der Waals surface area (Å²) in [6.07, 6.45) is -1.06. The molecule has 0 amide bonds. The first-order chi connectivity index (χ1) is 13.3. The monoisotopic (exact) mass is 395 g/mol. The quantitative estimate of drug-likeness (QED) is 0.467. The van der Waals surface area contributed by atoms with Crippen molar-refractivity contribution >= 4 is 23.1 Å². The number of aromatic nitrogens is 1. The van der Waals surface area contributed by atoms with Crippen molar-refractivity contribution in [3.05, 3.63) is 91.5 Å². The Morgan fingerprint density at radius 2 is 1.54 bits per heavy atom. The number of Topliss-reactive ketones (excluding diaryl/α,β-unsaturated/α-hetero) is 1. The zero-order valence-electron chi connectivity index (χ0n) is 16.0. The van der Waals surface area contributed by atoms with Crippen LogP contribution in [0.25, 0.3) is 0 Å². The minimum atomic E-state index is -1.06. The van der Waals surface area contributed by atoms with Crippen LogP contribution in [0.1, 0.15) is 38.8 Å². The molecular weight excluding hydrogens is 374 g/mol. The molecule has 0 saturated heterocycles. The summed E-state index contributed by atoms with van der Waals surface area (Å²) in [5.74, 6) is -0.929. The van der Waals surface area contributed by atoms with E-state index in [0.717, 1.165) is 22.5 Å². The summed E-state index contributed by atoms with van der Waals surface area (Å²) in [5.41, 5.74) is 3.82. The molecule has 0 unspecified atom stereocenters. The summed E-state index contributed by atoms with van der Waals surface area (Å²) < 4.78 is 6.91. The maximum absolute atomic E-state index is 13.1. The second-order valence-corrected chi connectivity index (χ2v) is 7.56. The van der Waals surface area contributed by atoms with E-state index in [9.17, 15) is 14.4 Å². The molecule has 0 bridgehead atoms. The van der Waals surface area contributed by atoms with Gasteiger partial charge in [-0.15, -0.1) is 0 Å². The van der Waals surface area contributed by atoms with Crippen molar-refractivity contribution in [3.63, 3.8) is 0 Å². The zero-order chi connectivity index (χ0) is 20.3.